The summed E-state index contributed by atoms with van der Waals surface area (Å²) in [6.07, 6.45) is 2.98. The highest BCUT2D eigenvalue weighted by Gasteiger charge is 2.15. The summed E-state index contributed by atoms with van der Waals surface area (Å²) in [5.41, 5.74) is 4.29. The minimum absolute atomic E-state index is 0.352. The molecule has 3 aromatic rings. The number of carbonyl (C=O) groups is 1. The number of aromatic amines is 1. The van der Waals surface area contributed by atoms with Gasteiger partial charge in [-0.3, -0.25) is 9.89 Å². The van der Waals surface area contributed by atoms with Crippen LogP contribution in [0.25, 0.3) is 10.6 Å². The van der Waals surface area contributed by atoms with Gasteiger partial charge in [0, 0.05) is 5.56 Å². The zero-order chi connectivity index (χ0) is 17.6. The average molecular weight is 356 g/mol. The van der Waals surface area contributed by atoms with Gasteiger partial charge >= 0.3 is 0 Å². The van der Waals surface area contributed by atoms with E-state index in [0.717, 1.165) is 4.88 Å². The SMILES string of the molecule is COc1cccc(/C=N/NC(=O)c2cn[nH]c2-c2cccs2)c1OC. The van der Waals surface area contributed by atoms with Crippen molar-refractivity contribution >= 4 is 23.5 Å². The molecule has 1 amide bonds. The summed E-state index contributed by atoms with van der Waals surface area (Å²) in [4.78, 5) is 13.3. The Morgan fingerprint density at radius 3 is 2.88 bits per heavy atom. The Balaban J connectivity index is 1.76. The predicted octanol–water partition coefficient (Wildman–Crippen LogP) is 2.92. The Morgan fingerprint density at radius 2 is 2.16 bits per heavy atom. The predicted molar refractivity (Wildman–Crippen MR) is 96.5 cm³/mol. The number of carbonyl (C=O) groups excluding carboxylic acids is 1. The van der Waals surface area contributed by atoms with E-state index in [-0.39, 0.29) is 5.91 Å². The summed E-state index contributed by atoms with van der Waals surface area (Å²) < 4.78 is 10.6. The molecule has 8 heteroatoms. The number of para-hydroxylation sites is 1. The van der Waals surface area contributed by atoms with Crippen LogP contribution in [0.4, 0.5) is 0 Å². The first-order valence-electron chi connectivity index (χ1n) is 7.36. The van der Waals surface area contributed by atoms with Gasteiger partial charge in [0.25, 0.3) is 5.91 Å². The summed E-state index contributed by atoms with van der Waals surface area (Å²) in [5, 5.41) is 12.7. The number of aromatic nitrogens is 2. The summed E-state index contributed by atoms with van der Waals surface area (Å²) in [6.45, 7) is 0. The zero-order valence-electron chi connectivity index (χ0n) is 13.6. The van der Waals surface area contributed by atoms with E-state index in [1.807, 2.05) is 29.6 Å². The van der Waals surface area contributed by atoms with Gasteiger partial charge in [0.05, 0.1) is 42.8 Å². The van der Waals surface area contributed by atoms with Crippen molar-refractivity contribution < 1.29 is 14.3 Å². The maximum absolute atomic E-state index is 12.4. The van der Waals surface area contributed by atoms with Crippen LogP contribution in [0.2, 0.25) is 0 Å². The van der Waals surface area contributed by atoms with Crippen LogP contribution in [0.3, 0.4) is 0 Å². The van der Waals surface area contributed by atoms with Crippen molar-refractivity contribution in [2.45, 2.75) is 0 Å². The molecule has 0 aliphatic carbocycles. The number of hydrazone groups is 1. The molecule has 0 fully saturated rings. The lowest BCUT2D eigenvalue weighted by atomic mass is 10.2. The Hall–Kier alpha value is -3.13. The molecule has 0 aliphatic rings. The summed E-state index contributed by atoms with van der Waals surface area (Å²) in [5.74, 6) is 0.786. The van der Waals surface area contributed by atoms with Crippen molar-refractivity contribution in [1.82, 2.24) is 15.6 Å². The third-order valence-corrected chi connectivity index (χ3v) is 4.34. The van der Waals surface area contributed by atoms with Crippen molar-refractivity contribution in [3.63, 3.8) is 0 Å². The Morgan fingerprint density at radius 1 is 1.28 bits per heavy atom. The molecule has 0 saturated carbocycles. The van der Waals surface area contributed by atoms with Crippen molar-refractivity contribution in [3.8, 4) is 22.1 Å². The molecule has 3 rings (SSSR count). The number of hydrogen-bond acceptors (Lipinski definition) is 6. The quantitative estimate of drug-likeness (QED) is 0.525. The van der Waals surface area contributed by atoms with Gasteiger partial charge in [-0.05, 0) is 23.6 Å². The maximum Gasteiger partial charge on any atom is 0.275 e. The third-order valence-electron chi connectivity index (χ3n) is 3.45. The summed E-state index contributed by atoms with van der Waals surface area (Å²) in [7, 11) is 3.11. The Labute approximate surface area is 148 Å². The third kappa shape index (κ3) is 3.53. The summed E-state index contributed by atoms with van der Waals surface area (Å²) >= 11 is 1.52. The standard InChI is InChI=1S/C17H16N4O3S/c1-23-13-6-3-5-11(16(13)24-2)9-18-21-17(22)12-10-19-20-15(12)14-7-4-8-25-14/h3-10H,1-2H3,(H,19,20)(H,21,22)/b18-9+. The number of nitrogens with one attached hydrogen (secondary N) is 2. The lowest BCUT2D eigenvalue weighted by Crippen LogP contribution is -2.17. The molecule has 0 unspecified atom stereocenters. The van der Waals surface area contributed by atoms with E-state index in [1.165, 1.54) is 23.7 Å². The fraction of sp³-hybridized carbons (Fsp3) is 0.118. The second kappa shape index (κ2) is 7.63. The molecule has 2 heterocycles. The van der Waals surface area contributed by atoms with Crippen molar-refractivity contribution in [3.05, 3.63) is 53.0 Å². The fourth-order valence-corrected chi connectivity index (χ4v) is 3.04. The van der Waals surface area contributed by atoms with Crippen LogP contribution in [0.1, 0.15) is 15.9 Å². The van der Waals surface area contributed by atoms with E-state index in [0.29, 0.717) is 28.3 Å². The van der Waals surface area contributed by atoms with Gasteiger partial charge in [0.1, 0.15) is 0 Å². The molecule has 25 heavy (non-hydrogen) atoms. The van der Waals surface area contributed by atoms with E-state index in [1.54, 1.807) is 20.3 Å². The lowest BCUT2D eigenvalue weighted by molar-refractivity contribution is 0.0956. The fourth-order valence-electron chi connectivity index (χ4n) is 2.30. The molecule has 0 spiro atoms. The molecule has 0 aliphatic heterocycles. The number of amides is 1. The minimum Gasteiger partial charge on any atom is -0.493 e. The molecule has 0 bridgehead atoms. The molecule has 0 atom stereocenters. The number of thiophene rings is 1. The molecule has 1 aromatic carbocycles. The number of H-pyrrole nitrogens is 1. The minimum atomic E-state index is -0.352. The van der Waals surface area contributed by atoms with E-state index >= 15 is 0 Å². The number of rotatable bonds is 6. The smallest absolute Gasteiger partial charge is 0.275 e. The van der Waals surface area contributed by atoms with Crippen LogP contribution in [0, 0.1) is 0 Å². The maximum atomic E-state index is 12.4. The molecule has 2 aromatic heterocycles. The number of benzene rings is 1. The van der Waals surface area contributed by atoms with Gasteiger partial charge in [-0.15, -0.1) is 11.3 Å². The highest BCUT2D eigenvalue weighted by molar-refractivity contribution is 7.13. The first-order valence-corrected chi connectivity index (χ1v) is 8.24. The van der Waals surface area contributed by atoms with Crippen LogP contribution in [0.15, 0.2) is 47.0 Å². The molecular weight excluding hydrogens is 340 g/mol. The van der Waals surface area contributed by atoms with Crippen molar-refractivity contribution in [2.24, 2.45) is 5.10 Å². The van der Waals surface area contributed by atoms with Gasteiger partial charge in [-0.1, -0.05) is 12.1 Å². The largest absolute Gasteiger partial charge is 0.493 e. The highest BCUT2D eigenvalue weighted by atomic mass is 32.1. The number of ether oxygens (including phenoxy) is 2. The molecule has 128 valence electrons. The van der Waals surface area contributed by atoms with Crippen molar-refractivity contribution in [1.29, 1.82) is 0 Å². The number of nitrogens with zero attached hydrogens (tertiary/aromatic N) is 2. The second-order valence-electron chi connectivity index (χ2n) is 4.92. The van der Waals surface area contributed by atoms with Gasteiger partial charge in [-0.2, -0.15) is 10.2 Å². The first-order chi connectivity index (χ1) is 12.2. The number of methoxy groups -OCH3 is 2. The number of hydrogen-bond donors (Lipinski definition) is 2. The zero-order valence-corrected chi connectivity index (χ0v) is 14.5. The highest BCUT2D eigenvalue weighted by Crippen LogP contribution is 2.29. The molecule has 0 radical (unpaired) electrons. The van der Waals surface area contributed by atoms with E-state index in [9.17, 15) is 4.79 Å². The monoisotopic (exact) mass is 356 g/mol. The second-order valence-corrected chi connectivity index (χ2v) is 5.87. The van der Waals surface area contributed by atoms with E-state index in [2.05, 4.69) is 20.7 Å². The normalized spacial score (nSPS) is 10.8. The Kier molecular flexibility index (Phi) is 5.10. The van der Waals surface area contributed by atoms with Crippen LogP contribution >= 0.6 is 11.3 Å². The van der Waals surface area contributed by atoms with Gasteiger partial charge in [-0.25, -0.2) is 5.43 Å². The Bertz CT molecular complexity index is 887. The first kappa shape index (κ1) is 16.7. The van der Waals surface area contributed by atoms with Gasteiger partial charge < -0.3 is 9.47 Å². The molecule has 0 saturated heterocycles. The lowest BCUT2D eigenvalue weighted by Gasteiger charge is -2.09. The van der Waals surface area contributed by atoms with E-state index < -0.39 is 0 Å². The van der Waals surface area contributed by atoms with Crippen LogP contribution in [-0.4, -0.2) is 36.5 Å². The summed E-state index contributed by atoms with van der Waals surface area (Å²) in [6, 6.07) is 9.24. The van der Waals surface area contributed by atoms with Gasteiger partial charge in [0.15, 0.2) is 11.5 Å². The van der Waals surface area contributed by atoms with Gasteiger partial charge in [0.2, 0.25) is 0 Å². The van der Waals surface area contributed by atoms with Crippen LogP contribution < -0.4 is 14.9 Å². The molecule has 7 nitrogen and oxygen atoms in total. The van der Waals surface area contributed by atoms with Crippen molar-refractivity contribution in [2.75, 3.05) is 14.2 Å². The van der Waals surface area contributed by atoms with E-state index in [4.69, 9.17) is 9.47 Å². The molecular formula is C17H16N4O3S. The van der Waals surface area contributed by atoms with Crippen LogP contribution in [-0.2, 0) is 0 Å². The average Bonchev–Trinajstić information content (AvgIpc) is 3.32. The topological polar surface area (TPSA) is 88.6 Å². The van der Waals surface area contributed by atoms with Crippen LogP contribution in [0.5, 0.6) is 11.5 Å². The molecule has 2 N–H and O–H groups in total.